The molecule has 2 rings (SSSR count). The van der Waals surface area contributed by atoms with Gasteiger partial charge in [0.25, 0.3) is 5.91 Å². The van der Waals surface area contributed by atoms with Gasteiger partial charge < -0.3 is 10.2 Å². The summed E-state index contributed by atoms with van der Waals surface area (Å²) in [4.78, 5) is 39.3. The lowest BCUT2D eigenvalue weighted by atomic mass is 9.91. The topological polar surface area (TPSA) is 66.5 Å². The van der Waals surface area contributed by atoms with Crippen molar-refractivity contribution in [3.05, 3.63) is 60.2 Å². The molecule has 28 heavy (non-hydrogen) atoms. The number of Topliss-reactive ketones (excluding diaryl/α,β-unsaturated/α-hetero) is 1. The molecule has 2 aromatic carbocycles. The molecule has 0 unspecified atom stereocenters. The summed E-state index contributed by atoms with van der Waals surface area (Å²) in [7, 11) is 1.73. The zero-order chi connectivity index (χ0) is 20.7. The molecule has 2 amide bonds. The predicted octanol–water partition coefficient (Wildman–Crippen LogP) is 3.79. The van der Waals surface area contributed by atoms with Crippen molar-refractivity contribution in [3.63, 3.8) is 0 Å². The Kier molecular flexibility index (Phi) is 7.40. The van der Waals surface area contributed by atoms with Gasteiger partial charge in [-0.1, -0.05) is 51.1 Å². The normalized spacial score (nSPS) is 11.0. The highest BCUT2D eigenvalue weighted by molar-refractivity contribution is 8.00. The summed E-state index contributed by atoms with van der Waals surface area (Å²) in [6.45, 7) is 5.44. The first-order valence-corrected chi connectivity index (χ1v) is 10.0. The summed E-state index contributed by atoms with van der Waals surface area (Å²) >= 11 is 1.31. The lowest BCUT2D eigenvalue weighted by Gasteiger charge is -2.18. The Balaban J connectivity index is 2.00. The fourth-order valence-electron chi connectivity index (χ4n) is 2.33. The zero-order valence-electron chi connectivity index (χ0n) is 16.7. The molecule has 0 radical (unpaired) electrons. The first-order chi connectivity index (χ1) is 13.2. The van der Waals surface area contributed by atoms with E-state index >= 15 is 0 Å². The van der Waals surface area contributed by atoms with E-state index in [-0.39, 0.29) is 29.9 Å². The molecule has 0 aliphatic heterocycles. The number of hydrogen-bond donors (Lipinski definition) is 1. The Labute approximate surface area is 170 Å². The van der Waals surface area contributed by atoms with Gasteiger partial charge >= 0.3 is 0 Å². The molecule has 0 fully saturated rings. The van der Waals surface area contributed by atoms with Gasteiger partial charge in [-0.2, -0.15) is 0 Å². The van der Waals surface area contributed by atoms with Gasteiger partial charge in [-0.3, -0.25) is 14.4 Å². The molecule has 0 heterocycles. The Hall–Kier alpha value is -2.60. The standard InChI is InChI=1S/C22H26N2O3S/c1-22(2,3)19(25)14-23-21(27)17-12-8-9-13-18(17)28-15-20(26)24(4)16-10-6-5-7-11-16/h5-13H,14-15H2,1-4H3,(H,23,27). The van der Waals surface area contributed by atoms with E-state index < -0.39 is 5.41 Å². The number of para-hydroxylation sites is 1. The van der Waals surface area contributed by atoms with Crippen LogP contribution in [0.2, 0.25) is 0 Å². The Morgan fingerprint density at radius 1 is 0.964 bits per heavy atom. The maximum atomic E-state index is 12.5. The maximum Gasteiger partial charge on any atom is 0.252 e. The van der Waals surface area contributed by atoms with Crippen molar-refractivity contribution in [1.29, 1.82) is 0 Å². The monoisotopic (exact) mass is 398 g/mol. The van der Waals surface area contributed by atoms with Crippen LogP contribution in [-0.4, -0.2) is 36.9 Å². The number of amides is 2. The first-order valence-electron chi connectivity index (χ1n) is 9.05. The van der Waals surface area contributed by atoms with Crippen molar-refractivity contribution < 1.29 is 14.4 Å². The predicted molar refractivity (Wildman–Crippen MR) is 114 cm³/mol. The number of carbonyl (C=O) groups excluding carboxylic acids is 3. The number of thioether (sulfide) groups is 1. The molecule has 0 atom stereocenters. The number of ketones is 1. The van der Waals surface area contributed by atoms with E-state index in [1.54, 1.807) is 30.1 Å². The van der Waals surface area contributed by atoms with Crippen LogP contribution in [0.4, 0.5) is 5.69 Å². The second-order valence-electron chi connectivity index (χ2n) is 7.43. The number of anilines is 1. The molecule has 5 nitrogen and oxygen atoms in total. The van der Waals surface area contributed by atoms with Crippen LogP contribution in [0.1, 0.15) is 31.1 Å². The lowest BCUT2D eigenvalue weighted by molar-refractivity contribution is -0.125. The molecule has 0 saturated heterocycles. The van der Waals surface area contributed by atoms with Crippen LogP contribution in [0, 0.1) is 5.41 Å². The molecule has 0 spiro atoms. The largest absolute Gasteiger partial charge is 0.345 e. The van der Waals surface area contributed by atoms with Gasteiger partial charge in [0.2, 0.25) is 5.91 Å². The molecule has 6 heteroatoms. The van der Waals surface area contributed by atoms with E-state index in [4.69, 9.17) is 0 Å². The van der Waals surface area contributed by atoms with Crippen LogP contribution in [-0.2, 0) is 9.59 Å². The highest BCUT2D eigenvalue weighted by atomic mass is 32.2. The molecular weight excluding hydrogens is 372 g/mol. The van der Waals surface area contributed by atoms with Crippen molar-refractivity contribution in [2.24, 2.45) is 5.41 Å². The van der Waals surface area contributed by atoms with Crippen molar-refractivity contribution in [1.82, 2.24) is 5.32 Å². The highest BCUT2D eigenvalue weighted by Crippen LogP contribution is 2.24. The number of carbonyl (C=O) groups is 3. The lowest BCUT2D eigenvalue weighted by Crippen LogP contribution is -2.35. The van der Waals surface area contributed by atoms with Crippen LogP contribution in [0.15, 0.2) is 59.5 Å². The Bertz CT molecular complexity index is 844. The highest BCUT2D eigenvalue weighted by Gasteiger charge is 2.22. The average Bonchev–Trinajstić information content (AvgIpc) is 2.69. The minimum absolute atomic E-state index is 0.0169. The average molecular weight is 399 g/mol. The van der Waals surface area contributed by atoms with E-state index in [9.17, 15) is 14.4 Å². The second-order valence-corrected chi connectivity index (χ2v) is 8.45. The molecule has 0 aliphatic rings. The number of nitrogens with one attached hydrogen (secondary N) is 1. The molecule has 148 valence electrons. The molecule has 0 aromatic heterocycles. The third-order valence-electron chi connectivity index (χ3n) is 4.25. The molecule has 2 aromatic rings. The van der Waals surface area contributed by atoms with E-state index in [0.717, 1.165) is 5.69 Å². The summed E-state index contributed by atoms with van der Waals surface area (Å²) in [5, 5.41) is 2.68. The van der Waals surface area contributed by atoms with Gasteiger partial charge in [-0.05, 0) is 24.3 Å². The number of hydrogen-bond acceptors (Lipinski definition) is 4. The van der Waals surface area contributed by atoms with Crippen molar-refractivity contribution in [2.45, 2.75) is 25.7 Å². The van der Waals surface area contributed by atoms with Crippen LogP contribution in [0.25, 0.3) is 0 Å². The van der Waals surface area contributed by atoms with Crippen LogP contribution in [0.5, 0.6) is 0 Å². The molecule has 0 saturated carbocycles. The Morgan fingerprint density at radius 2 is 1.57 bits per heavy atom. The number of benzene rings is 2. The summed E-state index contributed by atoms with van der Waals surface area (Å²) < 4.78 is 0. The van der Waals surface area contributed by atoms with E-state index in [0.29, 0.717) is 10.5 Å². The van der Waals surface area contributed by atoms with Gasteiger partial charge in [0.1, 0.15) is 0 Å². The van der Waals surface area contributed by atoms with Gasteiger partial charge in [0.15, 0.2) is 5.78 Å². The molecule has 0 bridgehead atoms. The van der Waals surface area contributed by atoms with Gasteiger partial charge in [-0.15, -0.1) is 11.8 Å². The smallest absolute Gasteiger partial charge is 0.252 e. The second kappa shape index (κ2) is 9.55. The number of rotatable bonds is 7. The van der Waals surface area contributed by atoms with E-state index in [2.05, 4.69) is 5.32 Å². The minimum atomic E-state index is -0.504. The summed E-state index contributed by atoms with van der Waals surface area (Å²) in [5.74, 6) is -0.208. The van der Waals surface area contributed by atoms with Crippen LogP contribution < -0.4 is 10.2 Å². The van der Waals surface area contributed by atoms with Crippen LogP contribution >= 0.6 is 11.8 Å². The third kappa shape index (κ3) is 5.96. The molecule has 0 aliphatic carbocycles. The van der Waals surface area contributed by atoms with Crippen LogP contribution in [0.3, 0.4) is 0 Å². The fraction of sp³-hybridized carbons (Fsp3) is 0.318. The van der Waals surface area contributed by atoms with E-state index in [1.807, 2.05) is 57.2 Å². The minimum Gasteiger partial charge on any atom is -0.345 e. The van der Waals surface area contributed by atoms with Gasteiger partial charge in [0.05, 0.1) is 17.9 Å². The quantitative estimate of drug-likeness (QED) is 0.721. The number of nitrogens with zero attached hydrogens (tertiary/aromatic N) is 1. The summed E-state index contributed by atoms with van der Waals surface area (Å²) in [6.07, 6.45) is 0. The van der Waals surface area contributed by atoms with Crippen molar-refractivity contribution in [2.75, 3.05) is 24.2 Å². The van der Waals surface area contributed by atoms with Crippen molar-refractivity contribution in [3.8, 4) is 0 Å². The van der Waals surface area contributed by atoms with Crippen molar-refractivity contribution >= 4 is 35.0 Å². The zero-order valence-corrected chi connectivity index (χ0v) is 17.5. The Morgan fingerprint density at radius 3 is 2.21 bits per heavy atom. The summed E-state index contributed by atoms with van der Waals surface area (Å²) in [6, 6.07) is 16.5. The molecular formula is C22H26N2O3S. The first kappa shape index (κ1) is 21.7. The van der Waals surface area contributed by atoms with E-state index in [1.165, 1.54) is 11.8 Å². The maximum absolute atomic E-state index is 12.5. The third-order valence-corrected chi connectivity index (χ3v) is 5.30. The fourth-order valence-corrected chi connectivity index (χ4v) is 3.30. The van der Waals surface area contributed by atoms with Gasteiger partial charge in [-0.25, -0.2) is 0 Å². The summed E-state index contributed by atoms with van der Waals surface area (Å²) in [5.41, 5.74) is 0.778. The SMILES string of the molecule is CN(C(=O)CSc1ccccc1C(=O)NCC(=O)C(C)(C)C)c1ccccc1. The molecule has 1 N–H and O–H groups in total. The van der Waals surface area contributed by atoms with Gasteiger partial charge in [0, 0.05) is 23.0 Å².